The molecule has 0 aromatic carbocycles. The summed E-state index contributed by atoms with van der Waals surface area (Å²) in [5, 5.41) is 6.79. The highest BCUT2D eigenvalue weighted by Crippen LogP contribution is 2.07. The fourth-order valence-electron chi connectivity index (χ4n) is 1.64. The van der Waals surface area contributed by atoms with Crippen LogP contribution < -0.4 is 11.1 Å². The first kappa shape index (κ1) is 12.1. The van der Waals surface area contributed by atoms with Crippen LogP contribution in [-0.4, -0.2) is 27.2 Å². The van der Waals surface area contributed by atoms with Crippen LogP contribution in [0.3, 0.4) is 0 Å². The molecule has 0 atom stereocenters. The number of nitrogens with one attached hydrogen (secondary N) is 1. The molecule has 2 aromatic rings. The lowest BCUT2D eigenvalue weighted by atomic mass is 10.2. The predicted octanol–water partition coefficient (Wildman–Crippen LogP) is 0.370. The van der Waals surface area contributed by atoms with Gasteiger partial charge in [0.25, 0.3) is 5.91 Å². The van der Waals surface area contributed by atoms with E-state index in [9.17, 15) is 4.79 Å². The molecule has 0 unspecified atom stereocenters. The molecule has 0 saturated heterocycles. The molecule has 2 rings (SSSR count). The lowest BCUT2D eigenvalue weighted by molar-refractivity contribution is 0.0949. The summed E-state index contributed by atoms with van der Waals surface area (Å²) in [6.45, 7) is 0.541. The van der Waals surface area contributed by atoms with Gasteiger partial charge in [-0.2, -0.15) is 5.10 Å². The largest absolute Gasteiger partial charge is 0.396 e. The summed E-state index contributed by atoms with van der Waals surface area (Å²) >= 11 is 0. The highest BCUT2D eigenvalue weighted by Gasteiger charge is 2.12. The van der Waals surface area contributed by atoms with Gasteiger partial charge in [-0.25, -0.2) is 0 Å². The molecule has 0 aliphatic rings. The lowest BCUT2D eigenvalue weighted by Crippen LogP contribution is -2.26. The number of carbonyl (C=O) groups is 1. The van der Waals surface area contributed by atoms with E-state index in [2.05, 4.69) is 15.4 Å². The zero-order valence-electron chi connectivity index (χ0n) is 10.1. The number of nitrogens with two attached hydrogens (primary N) is 1. The lowest BCUT2D eigenvalue weighted by Gasteiger charge is -2.03. The topological polar surface area (TPSA) is 85.8 Å². The van der Waals surface area contributed by atoms with Crippen LogP contribution in [0.4, 0.5) is 5.69 Å². The van der Waals surface area contributed by atoms with Crippen LogP contribution in [0.15, 0.2) is 30.7 Å². The Labute approximate surface area is 105 Å². The summed E-state index contributed by atoms with van der Waals surface area (Å²) < 4.78 is 1.52. The first-order valence-electron chi connectivity index (χ1n) is 5.63. The van der Waals surface area contributed by atoms with Crippen LogP contribution in [0, 0.1) is 0 Å². The fourth-order valence-corrected chi connectivity index (χ4v) is 1.64. The van der Waals surface area contributed by atoms with E-state index in [1.807, 2.05) is 12.1 Å². The van der Waals surface area contributed by atoms with Gasteiger partial charge in [-0.1, -0.05) is 0 Å². The summed E-state index contributed by atoms with van der Waals surface area (Å²) in [5.41, 5.74) is 7.46. The number of aryl methyl sites for hydroxylation is 1. The minimum Gasteiger partial charge on any atom is -0.396 e. The van der Waals surface area contributed by atoms with E-state index in [0.29, 0.717) is 12.2 Å². The molecule has 2 heterocycles. The van der Waals surface area contributed by atoms with Crippen molar-refractivity contribution in [2.45, 2.75) is 6.42 Å². The molecule has 0 bridgehead atoms. The number of amides is 1. The third kappa shape index (κ3) is 2.85. The molecule has 0 fully saturated rings. The molecule has 1 amide bonds. The van der Waals surface area contributed by atoms with Crippen LogP contribution in [-0.2, 0) is 13.5 Å². The number of aromatic nitrogens is 3. The molecule has 0 spiro atoms. The number of nitrogens with zero attached hydrogens (tertiary/aromatic N) is 3. The smallest absolute Gasteiger partial charge is 0.273 e. The van der Waals surface area contributed by atoms with Crippen molar-refractivity contribution in [3.05, 3.63) is 42.0 Å². The number of rotatable bonds is 4. The Bertz CT molecular complexity index is 535. The van der Waals surface area contributed by atoms with E-state index in [0.717, 1.165) is 12.0 Å². The number of anilines is 1. The zero-order valence-corrected chi connectivity index (χ0v) is 10.1. The molecule has 2 aromatic heterocycles. The number of hydrogen-bond acceptors (Lipinski definition) is 4. The van der Waals surface area contributed by atoms with E-state index in [4.69, 9.17) is 5.73 Å². The maximum absolute atomic E-state index is 11.8. The minimum atomic E-state index is -0.248. The van der Waals surface area contributed by atoms with Crippen LogP contribution in [0.2, 0.25) is 0 Å². The molecule has 0 aliphatic carbocycles. The Balaban J connectivity index is 1.87. The second-order valence-corrected chi connectivity index (χ2v) is 3.97. The van der Waals surface area contributed by atoms with Crippen LogP contribution in [0.1, 0.15) is 16.1 Å². The summed E-state index contributed by atoms with van der Waals surface area (Å²) in [6, 6.07) is 3.84. The van der Waals surface area contributed by atoms with Gasteiger partial charge in [-0.05, 0) is 24.1 Å². The highest BCUT2D eigenvalue weighted by atomic mass is 16.1. The predicted molar refractivity (Wildman–Crippen MR) is 67.9 cm³/mol. The molecule has 18 heavy (non-hydrogen) atoms. The van der Waals surface area contributed by atoms with E-state index in [1.165, 1.54) is 4.68 Å². The quantitative estimate of drug-likeness (QED) is 0.814. The molecule has 0 aliphatic heterocycles. The van der Waals surface area contributed by atoms with Crippen LogP contribution >= 0.6 is 0 Å². The molecular formula is C12H15N5O. The summed E-state index contributed by atoms with van der Waals surface area (Å²) in [7, 11) is 1.73. The van der Waals surface area contributed by atoms with Gasteiger partial charge in [0.15, 0.2) is 5.69 Å². The van der Waals surface area contributed by atoms with Crippen molar-refractivity contribution in [1.29, 1.82) is 0 Å². The normalized spacial score (nSPS) is 10.3. The molecule has 3 N–H and O–H groups in total. The van der Waals surface area contributed by atoms with Gasteiger partial charge in [0.05, 0.1) is 5.69 Å². The SMILES string of the molecule is Cn1cc(N)c(C(=O)NCCc2ccncc2)n1. The van der Waals surface area contributed by atoms with Crippen molar-refractivity contribution < 1.29 is 4.79 Å². The number of hydrogen-bond donors (Lipinski definition) is 2. The van der Waals surface area contributed by atoms with Gasteiger partial charge in [0.1, 0.15) is 0 Å². The zero-order chi connectivity index (χ0) is 13.0. The minimum absolute atomic E-state index is 0.248. The van der Waals surface area contributed by atoms with E-state index in [-0.39, 0.29) is 11.6 Å². The average molecular weight is 245 g/mol. The Hall–Kier alpha value is -2.37. The van der Waals surface area contributed by atoms with Gasteiger partial charge in [0, 0.05) is 32.2 Å². The maximum atomic E-state index is 11.8. The van der Waals surface area contributed by atoms with Crippen molar-refractivity contribution in [3.63, 3.8) is 0 Å². The number of nitrogen functional groups attached to an aromatic ring is 1. The Morgan fingerprint density at radius 1 is 1.44 bits per heavy atom. The van der Waals surface area contributed by atoms with E-state index < -0.39 is 0 Å². The molecule has 6 heteroatoms. The van der Waals surface area contributed by atoms with Crippen molar-refractivity contribution >= 4 is 11.6 Å². The third-order valence-electron chi connectivity index (χ3n) is 2.52. The van der Waals surface area contributed by atoms with E-state index in [1.54, 1.807) is 25.6 Å². The Morgan fingerprint density at radius 2 is 2.17 bits per heavy atom. The second-order valence-electron chi connectivity index (χ2n) is 3.97. The van der Waals surface area contributed by atoms with Gasteiger partial charge >= 0.3 is 0 Å². The van der Waals surface area contributed by atoms with Crippen molar-refractivity contribution in [2.24, 2.45) is 7.05 Å². The molecule has 94 valence electrons. The molecule has 6 nitrogen and oxygen atoms in total. The van der Waals surface area contributed by atoms with Crippen molar-refractivity contribution in [3.8, 4) is 0 Å². The first-order valence-corrected chi connectivity index (χ1v) is 5.63. The molecular weight excluding hydrogens is 230 g/mol. The average Bonchev–Trinajstić information content (AvgIpc) is 2.70. The van der Waals surface area contributed by atoms with Crippen LogP contribution in [0.5, 0.6) is 0 Å². The Morgan fingerprint density at radius 3 is 2.78 bits per heavy atom. The first-order chi connectivity index (χ1) is 8.66. The number of pyridine rings is 1. The van der Waals surface area contributed by atoms with Gasteiger partial charge in [-0.15, -0.1) is 0 Å². The molecule has 0 radical (unpaired) electrons. The third-order valence-corrected chi connectivity index (χ3v) is 2.52. The number of carbonyl (C=O) groups excluding carboxylic acids is 1. The second kappa shape index (κ2) is 5.31. The fraction of sp³-hybridized carbons (Fsp3) is 0.250. The standard InChI is InChI=1S/C12H15N5O/c1-17-8-10(13)11(16-17)12(18)15-7-4-9-2-5-14-6-3-9/h2-3,5-6,8H,4,7,13H2,1H3,(H,15,18). The maximum Gasteiger partial charge on any atom is 0.273 e. The monoisotopic (exact) mass is 245 g/mol. The molecule has 0 saturated carbocycles. The van der Waals surface area contributed by atoms with E-state index >= 15 is 0 Å². The van der Waals surface area contributed by atoms with Crippen LogP contribution in [0.25, 0.3) is 0 Å². The Kier molecular flexibility index (Phi) is 3.57. The summed E-state index contributed by atoms with van der Waals surface area (Å²) in [6.07, 6.45) is 5.82. The van der Waals surface area contributed by atoms with Gasteiger partial charge in [-0.3, -0.25) is 14.5 Å². The van der Waals surface area contributed by atoms with Gasteiger partial charge < -0.3 is 11.1 Å². The van der Waals surface area contributed by atoms with Crippen molar-refractivity contribution in [1.82, 2.24) is 20.1 Å². The van der Waals surface area contributed by atoms with Gasteiger partial charge in [0.2, 0.25) is 0 Å². The summed E-state index contributed by atoms with van der Waals surface area (Å²) in [5.74, 6) is -0.248. The van der Waals surface area contributed by atoms with Crippen molar-refractivity contribution in [2.75, 3.05) is 12.3 Å². The highest BCUT2D eigenvalue weighted by molar-refractivity contribution is 5.96. The summed E-state index contributed by atoms with van der Waals surface area (Å²) in [4.78, 5) is 15.7.